The summed E-state index contributed by atoms with van der Waals surface area (Å²) >= 11 is 0. The summed E-state index contributed by atoms with van der Waals surface area (Å²) < 4.78 is 35.1. The number of hydrogen-bond acceptors (Lipinski definition) is 3. The van der Waals surface area contributed by atoms with Crippen LogP contribution in [-0.2, 0) is 11.0 Å². The molecular weight excluding hydrogens is 347 g/mol. The number of nitrogens with zero attached hydrogens (tertiary/aromatic N) is 1. The molecule has 0 radical (unpaired) electrons. The molecule has 25 heavy (non-hydrogen) atoms. The van der Waals surface area contributed by atoms with E-state index in [2.05, 4.69) is 4.72 Å². The monoisotopic (exact) mass is 370 g/mol. The molecule has 1 amide bonds. The molecule has 3 rings (SSSR count). The van der Waals surface area contributed by atoms with Crippen LogP contribution >= 0.6 is 0 Å². The minimum Gasteiger partial charge on any atom is -0.485 e. The summed E-state index contributed by atoms with van der Waals surface area (Å²) in [7, 11) is -1.34. The van der Waals surface area contributed by atoms with Gasteiger partial charge in [-0.25, -0.2) is 18.1 Å². The fourth-order valence-electron chi connectivity index (χ4n) is 3.32. The van der Waals surface area contributed by atoms with E-state index < -0.39 is 33.2 Å². The summed E-state index contributed by atoms with van der Waals surface area (Å²) in [4.78, 5) is 12.5. The van der Waals surface area contributed by atoms with Gasteiger partial charge in [-0.2, -0.15) is 0 Å². The van der Waals surface area contributed by atoms with E-state index in [0.29, 0.717) is 31.7 Å². The fourth-order valence-corrected chi connectivity index (χ4v) is 4.23. The number of carbonyl (C=O) groups is 1. The van der Waals surface area contributed by atoms with Gasteiger partial charge >= 0.3 is 6.09 Å². The van der Waals surface area contributed by atoms with Crippen molar-refractivity contribution in [1.82, 2.24) is 9.62 Å². The zero-order valence-corrected chi connectivity index (χ0v) is 15.4. The second-order valence-electron chi connectivity index (χ2n) is 7.55. The van der Waals surface area contributed by atoms with Crippen molar-refractivity contribution in [3.8, 4) is 5.75 Å². The standard InChI is InChI=1S/C17H23FN2O4S/c1-16(2,3)25(23)19-14-12-5-4-11(18)10-13(12)24-17(14)6-8-20(9-7-17)15(21)22/h4-5,10,14,19H,6-9H2,1-3H3,(H,21,22)/t14-,25?/m1/s1. The number of fused-ring (bicyclic) bond motifs is 1. The molecule has 2 atom stereocenters. The second-order valence-corrected chi connectivity index (χ2v) is 9.55. The summed E-state index contributed by atoms with van der Waals surface area (Å²) in [5.74, 6) is 0.0432. The zero-order valence-electron chi connectivity index (χ0n) is 14.5. The highest BCUT2D eigenvalue weighted by atomic mass is 32.2. The van der Waals surface area contributed by atoms with Gasteiger partial charge in [-0.05, 0) is 26.8 Å². The first kappa shape index (κ1) is 18.1. The summed E-state index contributed by atoms with van der Waals surface area (Å²) in [6, 6.07) is 3.98. The van der Waals surface area contributed by atoms with Gasteiger partial charge in [-0.3, -0.25) is 0 Å². The Hall–Kier alpha value is -1.67. The largest absolute Gasteiger partial charge is 0.485 e. The molecule has 8 heteroatoms. The smallest absolute Gasteiger partial charge is 0.407 e. The number of piperidine rings is 1. The van der Waals surface area contributed by atoms with Gasteiger partial charge in [-0.15, -0.1) is 0 Å². The first-order valence-electron chi connectivity index (χ1n) is 8.27. The predicted octanol–water partition coefficient (Wildman–Crippen LogP) is 2.82. The van der Waals surface area contributed by atoms with Crippen LogP contribution in [0.3, 0.4) is 0 Å². The van der Waals surface area contributed by atoms with E-state index in [1.54, 1.807) is 6.07 Å². The molecule has 0 saturated carbocycles. The Morgan fingerprint density at radius 1 is 1.40 bits per heavy atom. The molecule has 2 aliphatic heterocycles. The maximum absolute atomic E-state index is 13.6. The van der Waals surface area contributed by atoms with Gasteiger partial charge in [-0.1, -0.05) is 6.07 Å². The lowest BCUT2D eigenvalue weighted by Gasteiger charge is -2.41. The SMILES string of the molecule is CC(C)(C)S(=O)N[C@@H]1c2ccc(F)cc2OC12CCN(C(=O)O)CC2. The lowest BCUT2D eigenvalue weighted by molar-refractivity contribution is 0.00108. The summed E-state index contributed by atoms with van der Waals surface area (Å²) in [5.41, 5.74) is 0.0472. The quantitative estimate of drug-likeness (QED) is 0.839. The number of nitrogens with one attached hydrogen (secondary N) is 1. The van der Waals surface area contributed by atoms with Crippen molar-refractivity contribution in [3.05, 3.63) is 29.6 Å². The van der Waals surface area contributed by atoms with Crippen LogP contribution in [0.15, 0.2) is 18.2 Å². The first-order valence-corrected chi connectivity index (χ1v) is 9.42. The van der Waals surface area contributed by atoms with Gasteiger partial charge < -0.3 is 14.7 Å². The van der Waals surface area contributed by atoms with Crippen LogP contribution in [0.1, 0.15) is 45.2 Å². The zero-order chi connectivity index (χ0) is 18.4. The molecule has 1 unspecified atom stereocenters. The molecule has 2 heterocycles. The maximum Gasteiger partial charge on any atom is 0.407 e. The number of rotatable bonds is 2. The summed E-state index contributed by atoms with van der Waals surface area (Å²) in [5, 5.41) is 9.17. The molecule has 0 aliphatic carbocycles. The van der Waals surface area contributed by atoms with Crippen molar-refractivity contribution in [2.24, 2.45) is 0 Å². The van der Waals surface area contributed by atoms with Crippen LogP contribution < -0.4 is 9.46 Å². The van der Waals surface area contributed by atoms with E-state index in [1.165, 1.54) is 17.0 Å². The fraction of sp³-hybridized carbons (Fsp3) is 0.588. The van der Waals surface area contributed by atoms with E-state index >= 15 is 0 Å². The Morgan fingerprint density at radius 2 is 2.04 bits per heavy atom. The Balaban J connectivity index is 1.92. The highest BCUT2D eigenvalue weighted by Gasteiger charge is 2.51. The average Bonchev–Trinajstić information content (AvgIpc) is 2.79. The number of hydrogen-bond donors (Lipinski definition) is 2. The van der Waals surface area contributed by atoms with Gasteiger partial charge in [0.1, 0.15) is 17.2 Å². The van der Waals surface area contributed by atoms with Crippen molar-refractivity contribution in [1.29, 1.82) is 0 Å². The molecule has 2 N–H and O–H groups in total. The van der Waals surface area contributed by atoms with E-state index in [4.69, 9.17) is 9.84 Å². The van der Waals surface area contributed by atoms with Crippen LogP contribution in [0.2, 0.25) is 0 Å². The van der Waals surface area contributed by atoms with Gasteiger partial charge in [0.2, 0.25) is 0 Å². The third-order valence-corrected chi connectivity index (χ3v) is 6.35. The Labute approximate surface area is 148 Å². The van der Waals surface area contributed by atoms with E-state index in [1.807, 2.05) is 20.8 Å². The molecule has 6 nitrogen and oxygen atoms in total. The molecule has 1 saturated heterocycles. The molecule has 1 aromatic rings. The Morgan fingerprint density at radius 3 is 2.60 bits per heavy atom. The number of halogens is 1. The summed E-state index contributed by atoms with van der Waals surface area (Å²) in [6.07, 6.45) is -0.0531. The molecular formula is C17H23FN2O4S. The third kappa shape index (κ3) is 3.37. The van der Waals surface area contributed by atoms with Crippen LogP contribution in [0.5, 0.6) is 5.75 Å². The molecule has 1 fully saturated rings. The molecule has 138 valence electrons. The number of likely N-dealkylation sites (tertiary alicyclic amines) is 1. The molecule has 2 aliphatic rings. The Bertz CT molecular complexity index is 711. The lowest BCUT2D eigenvalue weighted by Crippen LogP contribution is -2.54. The normalized spacial score (nSPS) is 23.2. The maximum atomic E-state index is 13.6. The second kappa shape index (κ2) is 6.25. The minimum atomic E-state index is -1.34. The van der Waals surface area contributed by atoms with E-state index in [0.717, 1.165) is 5.56 Å². The van der Waals surface area contributed by atoms with E-state index in [9.17, 15) is 13.4 Å². The molecule has 0 aromatic heterocycles. The highest BCUT2D eigenvalue weighted by Crippen LogP contribution is 2.49. The topological polar surface area (TPSA) is 78.9 Å². The van der Waals surface area contributed by atoms with Crippen LogP contribution in [0.25, 0.3) is 0 Å². The van der Waals surface area contributed by atoms with Crippen molar-refractivity contribution >= 4 is 17.1 Å². The van der Waals surface area contributed by atoms with Crippen molar-refractivity contribution < 1.29 is 23.2 Å². The summed E-state index contributed by atoms with van der Waals surface area (Å²) in [6.45, 7) is 6.27. The predicted molar refractivity (Wildman–Crippen MR) is 92.4 cm³/mol. The number of ether oxygens (including phenoxy) is 1. The lowest BCUT2D eigenvalue weighted by atomic mass is 9.83. The number of benzene rings is 1. The van der Waals surface area contributed by atoms with Crippen molar-refractivity contribution in [2.45, 2.75) is 50.0 Å². The molecule has 1 spiro atoms. The molecule has 0 bridgehead atoms. The Kier molecular flexibility index (Phi) is 4.53. The van der Waals surface area contributed by atoms with Crippen molar-refractivity contribution in [2.75, 3.05) is 13.1 Å². The van der Waals surface area contributed by atoms with Gasteiger partial charge in [0.25, 0.3) is 0 Å². The third-order valence-electron chi connectivity index (χ3n) is 4.79. The van der Waals surface area contributed by atoms with Crippen LogP contribution in [0.4, 0.5) is 9.18 Å². The average molecular weight is 370 g/mol. The first-order chi connectivity index (χ1) is 11.6. The number of carboxylic acid groups (broad SMARTS) is 1. The van der Waals surface area contributed by atoms with E-state index in [-0.39, 0.29) is 6.04 Å². The van der Waals surface area contributed by atoms with Gasteiger partial charge in [0, 0.05) is 37.6 Å². The minimum absolute atomic E-state index is 0.326. The molecule has 1 aromatic carbocycles. The van der Waals surface area contributed by atoms with Gasteiger partial charge in [0.15, 0.2) is 0 Å². The van der Waals surface area contributed by atoms with Crippen molar-refractivity contribution in [3.63, 3.8) is 0 Å². The van der Waals surface area contributed by atoms with Crippen LogP contribution in [-0.4, -0.2) is 43.7 Å². The van der Waals surface area contributed by atoms with Crippen LogP contribution in [0, 0.1) is 5.82 Å². The highest BCUT2D eigenvalue weighted by molar-refractivity contribution is 7.84. The van der Waals surface area contributed by atoms with Gasteiger partial charge in [0.05, 0.1) is 21.8 Å². The number of amides is 1.